The van der Waals surface area contributed by atoms with E-state index in [9.17, 15) is 19.8 Å². The van der Waals surface area contributed by atoms with Crippen molar-refractivity contribution in [3.8, 4) is 11.1 Å². The number of carbonyl (C=O) groups is 2. The molecule has 9 nitrogen and oxygen atoms in total. The van der Waals surface area contributed by atoms with Crippen molar-refractivity contribution in [2.75, 3.05) is 19.6 Å². The summed E-state index contributed by atoms with van der Waals surface area (Å²) in [5, 5.41) is 31.3. The lowest BCUT2D eigenvalue weighted by molar-refractivity contribution is -0.252. The summed E-state index contributed by atoms with van der Waals surface area (Å²) in [5.74, 6) is -0.843. The van der Waals surface area contributed by atoms with Gasteiger partial charge in [-0.05, 0) is 59.2 Å². The summed E-state index contributed by atoms with van der Waals surface area (Å²) < 4.78 is 13.1. The van der Waals surface area contributed by atoms with Gasteiger partial charge in [-0.25, -0.2) is 0 Å². The molecule has 0 aliphatic carbocycles. The van der Waals surface area contributed by atoms with E-state index < -0.39 is 12.3 Å². The minimum atomic E-state index is -0.804. The van der Waals surface area contributed by atoms with Crippen molar-refractivity contribution in [3.05, 3.63) is 95.1 Å². The van der Waals surface area contributed by atoms with E-state index in [-0.39, 0.29) is 37.2 Å². The normalized spacial score (nSPS) is 21.9. The van der Waals surface area contributed by atoms with Crippen molar-refractivity contribution in [1.82, 2.24) is 10.2 Å². The summed E-state index contributed by atoms with van der Waals surface area (Å²) in [7, 11) is 0. The highest BCUT2D eigenvalue weighted by molar-refractivity contribution is 5.76. The average Bonchev–Trinajstić information content (AvgIpc) is 3.47. The number of carboxylic acid groups (broad SMARTS) is 1. The molecule has 45 heavy (non-hydrogen) atoms. The topological polar surface area (TPSA) is 129 Å². The van der Waals surface area contributed by atoms with Crippen molar-refractivity contribution in [3.63, 3.8) is 0 Å². The molecule has 4 atom stereocenters. The number of aliphatic carboxylic acids is 1. The van der Waals surface area contributed by atoms with E-state index >= 15 is 0 Å². The molecule has 2 aliphatic heterocycles. The number of nitrogens with zero attached hydrogens (tertiary/aromatic N) is 1. The molecular weight excluding hydrogens is 572 g/mol. The number of β-amino-alcohol motifs (C(OH)–C–C–N with tert-alkyl or cyclic N) is 1. The molecule has 1 amide bonds. The number of nitrogens with one attached hydrogen (secondary N) is 1. The molecule has 0 unspecified atom stereocenters. The first-order valence-electron chi connectivity index (χ1n) is 15.9. The molecular formula is C36H44N2O7. The number of carbonyl (C=O) groups excluding carboxylic acids is 1. The molecule has 0 radical (unpaired) electrons. The number of benzene rings is 3. The number of hydrogen-bond donors (Lipinski definition) is 4. The Morgan fingerprint density at radius 2 is 1.62 bits per heavy atom. The van der Waals surface area contributed by atoms with Crippen LogP contribution in [0.2, 0.25) is 0 Å². The fourth-order valence-electron chi connectivity index (χ4n) is 6.05. The van der Waals surface area contributed by atoms with Crippen LogP contribution in [0.15, 0.2) is 72.8 Å². The smallest absolute Gasteiger partial charge is 0.303 e. The van der Waals surface area contributed by atoms with Gasteiger partial charge >= 0.3 is 5.97 Å². The third-order valence-corrected chi connectivity index (χ3v) is 8.53. The summed E-state index contributed by atoms with van der Waals surface area (Å²) in [5.41, 5.74) is 5.83. The van der Waals surface area contributed by atoms with E-state index in [1.54, 1.807) is 0 Å². The Morgan fingerprint density at radius 1 is 0.867 bits per heavy atom. The fraction of sp³-hybridized carbons (Fsp3) is 0.444. The van der Waals surface area contributed by atoms with E-state index in [2.05, 4.69) is 28.4 Å². The summed E-state index contributed by atoms with van der Waals surface area (Å²) in [6.45, 7) is 2.63. The zero-order chi connectivity index (χ0) is 31.6. The predicted molar refractivity (Wildman–Crippen MR) is 170 cm³/mol. The molecule has 3 aromatic carbocycles. The molecule has 2 heterocycles. The molecule has 2 fully saturated rings. The number of aliphatic hydroxyl groups excluding tert-OH is 2. The van der Waals surface area contributed by atoms with Crippen molar-refractivity contribution in [2.45, 2.75) is 82.7 Å². The van der Waals surface area contributed by atoms with Gasteiger partial charge in [-0.2, -0.15) is 0 Å². The van der Waals surface area contributed by atoms with Gasteiger partial charge in [0.2, 0.25) is 5.91 Å². The van der Waals surface area contributed by atoms with Crippen molar-refractivity contribution >= 4 is 11.9 Å². The van der Waals surface area contributed by atoms with Crippen LogP contribution in [0.4, 0.5) is 0 Å². The second kappa shape index (κ2) is 16.1. The van der Waals surface area contributed by atoms with E-state index in [1.165, 1.54) is 0 Å². The first-order chi connectivity index (χ1) is 21.9. The van der Waals surface area contributed by atoms with E-state index in [0.717, 1.165) is 59.3 Å². The first-order valence-corrected chi connectivity index (χ1v) is 15.9. The van der Waals surface area contributed by atoms with Gasteiger partial charge in [-0.15, -0.1) is 0 Å². The Labute approximate surface area is 264 Å². The Morgan fingerprint density at radius 3 is 2.36 bits per heavy atom. The van der Waals surface area contributed by atoms with Crippen molar-refractivity contribution < 1.29 is 34.4 Å². The van der Waals surface area contributed by atoms with Gasteiger partial charge in [0.25, 0.3) is 0 Å². The highest BCUT2D eigenvalue weighted by Crippen LogP contribution is 2.39. The van der Waals surface area contributed by atoms with Crippen LogP contribution >= 0.6 is 0 Å². The van der Waals surface area contributed by atoms with Gasteiger partial charge in [-0.3, -0.25) is 14.5 Å². The Balaban J connectivity index is 1.25. The maximum absolute atomic E-state index is 12.3. The Hall–Kier alpha value is -3.60. The van der Waals surface area contributed by atoms with Gasteiger partial charge in [0.15, 0.2) is 6.29 Å². The van der Waals surface area contributed by atoms with Crippen LogP contribution in [0.3, 0.4) is 0 Å². The molecule has 3 aromatic rings. The van der Waals surface area contributed by atoms with Gasteiger partial charge in [0, 0.05) is 51.0 Å². The lowest BCUT2D eigenvalue weighted by Gasteiger charge is -2.38. The van der Waals surface area contributed by atoms with Gasteiger partial charge in [0.1, 0.15) is 0 Å². The van der Waals surface area contributed by atoms with Gasteiger partial charge < -0.3 is 30.1 Å². The third-order valence-electron chi connectivity index (χ3n) is 8.53. The van der Waals surface area contributed by atoms with Crippen LogP contribution in [0, 0.1) is 0 Å². The molecule has 0 spiro atoms. The lowest BCUT2D eigenvalue weighted by Crippen LogP contribution is -2.38. The van der Waals surface area contributed by atoms with Crippen LogP contribution in [-0.4, -0.2) is 63.9 Å². The monoisotopic (exact) mass is 616 g/mol. The minimum Gasteiger partial charge on any atom is -0.481 e. The second-order valence-electron chi connectivity index (χ2n) is 12.1. The average molecular weight is 617 g/mol. The fourth-order valence-corrected chi connectivity index (χ4v) is 6.05. The quantitative estimate of drug-likeness (QED) is 0.184. The minimum absolute atomic E-state index is 0.00596. The summed E-state index contributed by atoms with van der Waals surface area (Å²) in [6.07, 6.45) is 2.85. The van der Waals surface area contributed by atoms with Crippen LogP contribution in [-0.2, 0) is 32.2 Å². The number of amides is 1. The molecule has 5 rings (SSSR count). The number of ether oxygens (including phenoxy) is 2. The summed E-state index contributed by atoms with van der Waals surface area (Å²) in [6, 6.07) is 24.1. The number of likely N-dealkylation sites (tertiary alicyclic amines) is 1. The van der Waals surface area contributed by atoms with Gasteiger partial charge in [0.05, 0.1) is 24.9 Å². The van der Waals surface area contributed by atoms with Crippen molar-refractivity contribution in [1.29, 1.82) is 0 Å². The predicted octanol–water partition coefficient (Wildman–Crippen LogP) is 5.11. The van der Waals surface area contributed by atoms with Crippen LogP contribution < -0.4 is 5.32 Å². The van der Waals surface area contributed by atoms with E-state index in [0.29, 0.717) is 38.8 Å². The number of aliphatic hydroxyl groups is 2. The summed E-state index contributed by atoms with van der Waals surface area (Å²) >= 11 is 0. The third kappa shape index (κ3) is 9.69. The van der Waals surface area contributed by atoms with Crippen LogP contribution in [0.1, 0.15) is 79.6 Å². The van der Waals surface area contributed by atoms with Gasteiger partial charge in [-0.1, -0.05) is 67.1 Å². The molecule has 0 bridgehead atoms. The molecule has 0 aromatic heterocycles. The molecule has 2 aliphatic rings. The Bertz CT molecular complexity index is 1410. The number of unbranched alkanes of at least 4 members (excludes halogenated alkanes) is 2. The van der Waals surface area contributed by atoms with E-state index in [4.69, 9.17) is 14.6 Å². The number of carboxylic acids is 1. The van der Waals surface area contributed by atoms with Crippen molar-refractivity contribution in [2.24, 2.45) is 0 Å². The maximum Gasteiger partial charge on any atom is 0.303 e. The summed E-state index contributed by atoms with van der Waals surface area (Å²) in [4.78, 5) is 25.2. The highest BCUT2D eigenvalue weighted by Gasteiger charge is 2.34. The van der Waals surface area contributed by atoms with Crippen LogP contribution in [0.5, 0.6) is 0 Å². The lowest BCUT2D eigenvalue weighted by atomic mass is 9.98. The van der Waals surface area contributed by atoms with E-state index in [1.807, 2.05) is 54.6 Å². The van der Waals surface area contributed by atoms with Crippen LogP contribution in [0.25, 0.3) is 11.1 Å². The SMILES string of the molecule is O=C(O)CCCCCC(=O)NCc1cccc(-c2cccc([C@@H]3O[C@H](CN4CC[C@H](O)C4)C[C@H](c4ccc(CO)cc4)O3)c2)c1. The molecule has 240 valence electrons. The Kier molecular flexibility index (Phi) is 11.7. The maximum atomic E-state index is 12.3. The zero-order valence-electron chi connectivity index (χ0n) is 25.6. The standard InChI is InChI=1S/C36H44N2O7/c39-24-25-12-14-27(15-13-25)33-20-32(23-38-17-16-31(40)22-38)44-36(45-33)30-9-5-8-29(19-30)28-7-4-6-26(18-28)21-37-34(41)10-2-1-3-11-35(42)43/h4-9,12-15,18-19,31-33,36,39-40H,1-3,10-11,16-17,20-24H2,(H,37,41)(H,42,43)/t31-,32-,33+,36+/m0/s1. The number of rotatable bonds is 14. The number of hydrogen-bond acceptors (Lipinski definition) is 7. The molecule has 9 heteroatoms. The molecule has 0 saturated carbocycles. The first kappa shape index (κ1) is 32.8. The largest absolute Gasteiger partial charge is 0.481 e. The second-order valence-corrected chi connectivity index (χ2v) is 12.1. The molecule has 4 N–H and O–H groups in total. The zero-order valence-corrected chi connectivity index (χ0v) is 25.6. The highest BCUT2D eigenvalue weighted by atomic mass is 16.7. The molecule has 2 saturated heterocycles.